The summed E-state index contributed by atoms with van der Waals surface area (Å²) in [7, 11) is 0. The molecule has 0 bridgehead atoms. The SMILES string of the molecule is O=C(NC1CCCCC1)NC1CCN(C(=O)CCN2C(=O)C3CCCCC3C2=O)CC1. The van der Waals surface area contributed by atoms with E-state index < -0.39 is 0 Å². The van der Waals surface area contributed by atoms with Crippen LogP contribution in [-0.4, -0.2) is 65.3 Å². The van der Waals surface area contributed by atoms with Gasteiger partial charge in [0.1, 0.15) is 0 Å². The fourth-order valence-corrected chi connectivity index (χ4v) is 5.75. The van der Waals surface area contributed by atoms with Crippen molar-refractivity contribution < 1.29 is 19.2 Å². The molecular weight excluding hydrogens is 396 g/mol. The monoisotopic (exact) mass is 432 g/mol. The molecule has 0 spiro atoms. The number of rotatable bonds is 5. The Morgan fingerprint density at radius 1 is 0.742 bits per heavy atom. The molecule has 4 aliphatic rings. The van der Waals surface area contributed by atoms with Gasteiger partial charge in [0.2, 0.25) is 17.7 Å². The van der Waals surface area contributed by atoms with Crippen LogP contribution in [-0.2, 0) is 14.4 Å². The van der Waals surface area contributed by atoms with E-state index in [2.05, 4.69) is 10.6 Å². The summed E-state index contributed by atoms with van der Waals surface area (Å²) >= 11 is 0. The predicted molar refractivity (Wildman–Crippen MR) is 115 cm³/mol. The maximum Gasteiger partial charge on any atom is 0.315 e. The van der Waals surface area contributed by atoms with E-state index >= 15 is 0 Å². The molecule has 2 saturated carbocycles. The van der Waals surface area contributed by atoms with E-state index in [0.717, 1.165) is 51.4 Å². The molecule has 172 valence electrons. The number of carbonyl (C=O) groups excluding carboxylic acids is 4. The largest absolute Gasteiger partial charge is 0.342 e. The van der Waals surface area contributed by atoms with Gasteiger partial charge in [0, 0.05) is 38.1 Å². The number of urea groups is 1. The average Bonchev–Trinajstić information content (AvgIpc) is 3.03. The zero-order chi connectivity index (χ0) is 21.8. The molecule has 2 atom stereocenters. The number of nitrogens with zero attached hydrogens (tertiary/aromatic N) is 2. The van der Waals surface area contributed by atoms with Gasteiger partial charge in [-0.15, -0.1) is 0 Å². The lowest BCUT2D eigenvalue weighted by Crippen LogP contribution is -2.51. The first-order valence-electron chi connectivity index (χ1n) is 12.2. The van der Waals surface area contributed by atoms with Crippen molar-refractivity contribution in [2.75, 3.05) is 19.6 Å². The second-order valence-corrected chi connectivity index (χ2v) is 9.68. The highest BCUT2D eigenvalue weighted by atomic mass is 16.2. The molecular formula is C23H36N4O4. The number of amides is 5. The molecule has 2 unspecified atom stereocenters. The standard InChI is InChI=1S/C23H36N4O4/c28-20(12-15-27-21(29)18-8-4-5-9-19(18)22(27)30)26-13-10-17(11-14-26)25-23(31)24-16-6-2-1-3-7-16/h16-19H,1-15H2,(H2,24,25,31). The molecule has 2 heterocycles. The molecule has 0 radical (unpaired) electrons. The van der Waals surface area contributed by atoms with Crippen molar-refractivity contribution in [1.82, 2.24) is 20.4 Å². The van der Waals surface area contributed by atoms with Crippen LogP contribution in [0.5, 0.6) is 0 Å². The minimum atomic E-state index is -0.155. The second kappa shape index (κ2) is 10.0. The summed E-state index contributed by atoms with van der Waals surface area (Å²) in [6.45, 7) is 1.40. The Hall–Kier alpha value is -2.12. The molecule has 8 heteroatoms. The van der Waals surface area contributed by atoms with Gasteiger partial charge in [-0.05, 0) is 38.5 Å². The maximum atomic E-state index is 12.7. The summed E-state index contributed by atoms with van der Waals surface area (Å²) in [5.74, 6) is -0.472. The number of imide groups is 1. The lowest BCUT2D eigenvalue weighted by Gasteiger charge is -2.33. The normalized spacial score (nSPS) is 27.9. The zero-order valence-electron chi connectivity index (χ0n) is 18.4. The number of hydrogen-bond acceptors (Lipinski definition) is 4. The molecule has 0 aromatic carbocycles. The molecule has 2 aliphatic heterocycles. The topological polar surface area (TPSA) is 98.8 Å². The van der Waals surface area contributed by atoms with Crippen LogP contribution < -0.4 is 10.6 Å². The number of nitrogens with one attached hydrogen (secondary N) is 2. The summed E-state index contributed by atoms with van der Waals surface area (Å²) in [6, 6.07) is 0.275. The molecule has 2 saturated heterocycles. The smallest absolute Gasteiger partial charge is 0.315 e. The van der Waals surface area contributed by atoms with Gasteiger partial charge in [-0.1, -0.05) is 32.1 Å². The third-order valence-corrected chi connectivity index (χ3v) is 7.60. The van der Waals surface area contributed by atoms with E-state index in [0.29, 0.717) is 13.1 Å². The van der Waals surface area contributed by atoms with Crippen molar-refractivity contribution in [1.29, 1.82) is 0 Å². The van der Waals surface area contributed by atoms with Crippen LogP contribution >= 0.6 is 0 Å². The van der Waals surface area contributed by atoms with Crippen molar-refractivity contribution in [2.45, 2.75) is 89.1 Å². The van der Waals surface area contributed by atoms with Crippen molar-refractivity contribution in [3.05, 3.63) is 0 Å². The van der Waals surface area contributed by atoms with Crippen LogP contribution in [0.25, 0.3) is 0 Å². The van der Waals surface area contributed by atoms with Crippen molar-refractivity contribution in [3.8, 4) is 0 Å². The molecule has 0 aromatic rings. The molecule has 4 fully saturated rings. The van der Waals surface area contributed by atoms with Gasteiger partial charge in [0.05, 0.1) is 11.8 Å². The highest BCUT2D eigenvalue weighted by molar-refractivity contribution is 6.05. The third kappa shape index (κ3) is 5.21. The lowest BCUT2D eigenvalue weighted by molar-refractivity contribution is -0.141. The highest BCUT2D eigenvalue weighted by Crippen LogP contribution is 2.38. The molecule has 2 N–H and O–H groups in total. The molecule has 2 aliphatic carbocycles. The van der Waals surface area contributed by atoms with Gasteiger partial charge in [0.15, 0.2) is 0 Å². The molecule has 31 heavy (non-hydrogen) atoms. The molecule has 5 amide bonds. The molecule has 4 rings (SSSR count). The van der Waals surface area contributed by atoms with Crippen LogP contribution in [0.1, 0.15) is 77.0 Å². The zero-order valence-corrected chi connectivity index (χ0v) is 18.4. The molecule has 8 nitrogen and oxygen atoms in total. The number of fused-ring (bicyclic) bond motifs is 1. The van der Waals surface area contributed by atoms with Gasteiger partial charge in [-0.3, -0.25) is 19.3 Å². The first kappa shape index (κ1) is 22.1. The minimum absolute atomic E-state index is 0.0134. The summed E-state index contributed by atoms with van der Waals surface area (Å²) < 4.78 is 0. The van der Waals surface area contributed by atoms with Crippen LogP contribution in [0.15, 0.2) is 0 Å². The first-order chi connectivity index (χ1) is 15.0. The van der Waals surface area contributed by atoms with Crippen molar-refractivity contribution >= 4 is 23.8 Å². The minimum Gasteiger partial charge on any atom is -0.342 e. The van der Waals surface area contributed by atoms with Crippen LogP contribution in [0.3, 0.4) is 0 Å². The van der Waals surface area contributed by atoms with Crippen LogP contribution in [0.2, 0.25) is 0 Å². The van der Waals surface area contributed by atoms with Gasteiger partial charge in [0.25, 0.3) is 0 Å². The van der Waals surface area contributed by atoms with E-state index in [-0.39, 0.29) is 60.6 Å². The second-order valence-electron chi connectivity index (χ2n) is 9.68. The predicted octanol–water partition coefficient (Wildman–Crippen LogP) is 2.17. The van der Waals surface area contributed by atoms with Gasteiger partial charge < -0.3 is 15.5 Å². The van der Waals surface area contributed by atoms with Gasteiger partial charge >= 0.3 is 6.03 Å². The van der Waals surface area contributed by atoms with Crippen molar-refractivity contribution in [3.63, 3.8) is 0 Å². The van der Waals surface area contributed by atoms with Crippen LogP contribution in [0.4, 0.5) is 4.79 Å². The van der Waals surface area contributed by atoms with E-state index in [1.54, 1.807) is 4.90 Å². The lowest BCUT2D eigenvalue weighted by atomic mass is 9.81. The highest BCUT2D eigenvalue weighted by Gasteiger charge is 2.47. The Kier molecular flexibility index (Phi) is 7.13. The average molecular weight is 433 g/mol. The Labute approximate surface area is 184 Å². The summed E-state index contributed by atoms with van der Waals surface area (Å²) in [5, 5.41) is 6.14. The summed E-state index contributed by atoms with van der Waals surface area (Å²) in [5.41, 5.74) is 0. The number of likely N-dealkylation sites (tertiary alicyclic amines) is 2. The van der Waals surface area contributed by atoms with E-state index in [4.69, 9.17) is 0 Å². The molecule has 0 aromatic heterocycles. The van der Waals surface area contributed by atoms with Crippen LogP contribution in [0, 0.1) is 11.8 Å². The van der Waals surface area contributed by atoms with E-state index in [1.807, 2.05) is 0 Å². The first-order valence-corrected chi connectivity index (χ1v) is 12.2. The third-order valence-electron chi connectivity index (χ3n) is 7.60. The number of carbonyl (C=O) groups is 4. The Morgan fingerprint density at radius 2 is 1.26 bits per heavy atom. The van der Waals surface area contributed by atoms with Crippen molar-refractivity contribution in [2.24, 2.45) is 11.8 Å². The Morgan fingerprint density at radius 3 is 1.84 bits per heavy atom. The summed E-state index contributed by atoms with van der Waals surface area (Å²) in [4.78, 5) is 53.2. The van der Waals surface area contributed by atoms with E-state index in [9.17, 15) is 19.2 Å². The van der Waals surface area contributed by atoms with Gasteiger partial charge in [-0.25, -0.2) is 4.79 Å². The van der Waals surface area contributed by atoms with E-state index in [1.165, 1.54) is 24.2 Å². The number of hydrogen-bond donors (Lipinski definition) is 2. The fraction of sp³-hybridized carbons (Fsp3) is 0.826. The Balaban J connectivity index is 1.17. The van der Waals surface area contributed by atoms with Gasteiger partial charge in [-0.2, -0.15) is 0 Å². The summed E-state index contributed by atoms with van der Waals surface area (Å²) in [6.07, 6.45) is 11.0. The maximum absolute atomic E-state index is 12.7. The Bertz CT molecular complexity index is 674. The quantitative estimate of drug-likeness (QED) is 0.651. The number of piperidine rings is 1. The fourth-order valence-electron chi connectivity index (χ4n) is 5.75.